The molecule has 0 aromatic carbocycles. The van der Waals surface area contributed by atoms with E-state index in [1.807, 2.05) is 32.7 Å². The molecule has 0 spiro atoms. The van der Waals surface area contributed by atoms with Gasteiger partial charge >= 0.3 is 6.01 Å². The third kappa shape index (κ3) is 4.19. The average Bonchev–Trinajstić information content (AvgIpc) is 2.44. The molecule has 0 amide bonds. The highest BCUT2D eigenvalue weighted by atomic mass is 16.5. The van der Waals surface area contributed by atoms with Gasteiger partial charge in [-0.25, -0.2) is 0 Å². The fourth-order valence-electron chi connectivity index (χ4n) is 1.38. The largest absolute Gasteiger partial charge is 0.464 e. The number of hydrogen-bond donors (Lipinski definition) is 2. The molecule has 20 heavy (non-hydrogen) atoms. The Morgan fingerprint density at radius 2 is 1.95 bits per heavy atom. The van der Waals surface area contributed by atoms with Gasteiger partial charge in [-0.3, -0.25) is 0 Å². The van der Waals surface area contributed by atoms with Crippen LogP contribution in [0.2, 0.25) is 0 Å². The van der Waals surface area contributed by atoms with Crippen molar-refractivity contribution in [2.75, 3.05) is 37.0 Å². The van der Waals surface area contributed by atoms with Crippen molar-refractivity contribution >= 4 is 11.9 Å². The van der Waals surface area contributed by atoms with Gasteiger partial charge in [0.05, 0.1) is 18.8 Å². The maximum atomic E-state index is 9.45. The van der Waals surface area contributed by atoms with Crippen LogP contribution in [0.25, 0.3) is 0 Å². The van der Waals surface area contributed by atoms with E-state index >= 15 is 0 Å². The van der Waals surface area contributed by atoms with Gasteiger partial charge in [-0.1, -0.05) is 6.92 Å². The van der Waals surface area contributed by atoms with Crippen molar-refractivity contribution in [1.82, 2.24) is 15.0 Å². The molecule has 7 nitrogen and oxygen atoms in total. The monoisotopic (exact) mass is 283 g/mol. The highest BCUT2D eigenvalue weighted by molar-refractivity contribution is 5.40. The minimum absolute atomic E-state index is 0.00310. The fraction of sp³-hybridized carbons (Fsp3) is 0.769. The molecule has 7 heteroatoms. The first kappa shape index (κ1) is 16.4. The number of likely N-dealkylation sites (N-methyl/N-ethyl adjacent to an activating group) is 1. The average molecular weight is 283 g/mol. The Kier molecular flexibility index (Phi) is 5.94. The number of aliphatic hydroxyl groups is 1. The zero-order valence-electron chi connectivity index (χ0n) is 13.0. The van der Waals surface area contributed by atoms with Gasteiger partial charge in [-0.05, 0) is 27.2 Å². The normalized spacial score (nSPS) is 11.3. The first-order valence-electron chi connectivity index (χ1n) is 6.92. The van der Waals surface area contributed by atoms with E-state index in [1.165, 1.54) is 0 Å². The standard InChI is InChI=1S/C13H25N5O2/c1-6-8-14-10-15-11(17-12(16-10)20-7-2)18(5)13(3,4)9-19/h19H,6-9H2,1-5H3,(H,14,15,16,17). The molecular formula is C13H25N5O2. The molecule has 0 fully saturated rings. The van der Waals surface area contributed by atoms with Gasteiger partial charge < -0.3 is 20.1 Å². The summed E-state index contributed by atoms with van der Waals surface area (Å²) in [6.45, 7) is 9.04. The van der Waals surface area contributed by atoms with Crippen LogP contribution in [0.1, 0.15) is 34.1 Å². The third-order valence-electron chi connectivity index (χ3n) is 3.00. The number of hydrogen-bond acceptors (Lipinski definition) is 7. The summed E-state index contributed by atoms with van der Waals surface area (Å²) < 4.78 is 5.37. The van der Waals surface area contributed by atoms with Crippen LogP contribution in [-0.4, -0.2) is 52.4 Å². The second-order valence-corrected chi connectivity index (χ2v) is 5.13. The molecule has 0 aliphatic carbocycles. The summed E-state index contributed by atoms with van der Waals surface area (Å²) in [6.07, 6.45) is 0.975. The van der Waals surface area contributed by atoms with Crippen LogP contribution >= 0.6 is 0 Å². The summed E-state index contributed by atoms with van der Waals surface area (Å²) in [7, 11) is 1.84. The SMILES string of the molecule is CCCNc1nc(OCC)nc(N(C)C(C)(C)CO)n1. The Morgan fingerprint density at radius 3 is 2.50 bits per heavy atom. The summed E-state index contributed by atoms with van der Waals surface area (Å²) in [6, 6.07) is 0.289. The lowest BCUT2D eigenvalue weighted by Gasteiger charge is -2.33. The van der Waals surface area contributed by atoms with Gasteiger partial charge in [0.25, 0.3) is 0 Å². The molecule has 1 heterocycles. The van der Waals surface area contributed by atoms with Crippen molar-refractivity contribution in [3.8, 4) is 6.01 Å². The van der Waals surface area contributed by atoms with Gasteiger partial charge in [-0.2, -0.15) is 15.0 Å². The van der Waals surface area contributed by atoms with Gasteiger partial charge in [0.1, 0.15) is 0 Å². The third-order valence-corrected chi connectivity index (χ3v) is 3.00. The number of aliphatic hydroxyl groups excluding tert-OH is 1. The van der Waals surface area contributed by atoms with Crippen LogP contribution < -0.4 is 15.0 Å². The summed E-state index contributed by atoms with van der Waals surface area (Å²) in [4.78, 5) is 14.7. The fourth-order valence-corrected chi connectivity index (χ4v) is 1.38. The summed E-state index contributed by atoms with van der Waals surface area (Å²) in [5, 5.41) is 12.6. The van der Waals surface area contributed by atoms with Gasteiger partial charge in [-0.15, -0.1) is 0 Å². The molecule has 2 N–H and O–H groups in total. The minimum atomic E-state index is -0.465. The van der Waals surface area contributed by atoms with Gasteiger partial charge in [0, 0.05) is 13.6 Å². The Morgan fingerprint density at radius 1 is 1.25 bits per heavy atom. The van der Waals surface area contributed by atoms with Gasteiger partial charge in [0.15, 0.2) is 0 Å². The smallest absolute Gasteiger partial charge is 0.323 e. The first-order valence-corrected chi connectivity index (χ1v) is 6.92. The molecule has 0 aliphatic heterocycles. The van der Waals surface area contributed by atoms with E-state index in [1.54, 1.807) is 0 Å². The summed E-state index contributed by atoms with van der Waals surface area (Å²) in [5.74, 6) is 0.960. The number of aromatic nitrogens is 3. The van der Waals surface area contributed by atoms with E-state index in [0.717, 1.165) is 13.0 Å². The molecule has 114 valence electrons. The molecule has 0 saturated heterocycles. The molecule has 0 atom stereocenters. The molecule has 0 aliphatic rings. The Hall–Kier alpha value is -1.63. The van der Waals surface area contributed by atoms with E-state index in [0.29, 0.717) is 18.5 Å². The Bertz CT molecular complexity index is 425. The van der Waals surface area contributed by atoms with E-state index in [4.69, 9.17) is 4.74 Å². The quantitative estimate of drug-likeness (QED) is 0.744. The lowest BCUT2D eigenvalue weighted by molar-refractivity contribution is 0.214. The number of nitrogens with one attached hydrogen (secondary N) is 1. The second-order valence-electron chi connectivity index (χ2n) is 5.13. The predicted molar refractivity (Wildman–Crippen MR) is 79.3 cm³/mol. The zero-order chi connectivity index (χ0) is 15.2. The van der Waals surface area contributed by atoms with Crippen LogP contribution in [0.15, 0.2) is 0 Å². The van der Waals surface area contributed by atoms with Gasteiger partial charge in [0.2, 0.25) is 11.9 Å². The van der Waals surface area contributed by atoms with Crippen molar-refractivity contribution in [2.24, 2.45) is 0 Å². The van der Waals surface area contributed by atoms with Crippen molar-refractivity contribution in [1.29, 1.82) is 0 Å². The van der Waals surface area contributed by atoms with Crippen molar-refractivity contribution < 1.29 is 9.84 Å². The molecule has 1 aromatic rings. The predicted octanol–water partition coefficient (Wildman–Crippen LogP) is 1.30. The first-order chi connectivity index (χ1) is 9.44. The molecular weight excluding hydrogens is 258 g/mol. The number of ether oxygens (including phenoxy) is 1. The molecule has 0 saturated carbocycles. The highest BCUT2D eigenvalue weighted by Gasteiger charge is 2.26. The van der Waals surface area contributed by atoms with Crippen LogP contribution in [0.5, 0.6) is 6.01 Å². The molecule has 0 bridgehead atoms. The minimum Gasteiger partial charge on any atom is -0.464 e. The number of anilines is 2. The van der Waals surface area contributed by atoms with E-state index in [2.05, 4.69) is 27.2 Å². The molecule has 0 unspecified atom stereocenters. The van der Waals surface area contributed by atoms with Crippen LogP contribution in [0.4, 0.5) is 11.9 Å². The van der Waals surface area contributed by atoms with Crippen LogP contribution in [-0.2, 0) is 0 Å². The van der Waals surface area contributed by atoms with E-state index in [-0.39, 0.29) is 12.6 Å². The maximum absolute atomic E-state index is 9.45. The zero-order valence-corrected chi connectivity index (χ0v) is 13.0. The van der Waals surface area contributed by atoms with Crippen LogP contribution in [0, 0.1) is 0 Å². The summed E-state index contributed by atoms with van der Waals surface area (Å²) >= 11 is 0. The molecule has 0 radical (unpaired) electrons. The van der Waals surface area contributed by atoms with Crippen molar-refractivity contribution in [3.05, 3.63) is 0 Å². The topological polar surface area (TPSA) is 83.4 Å². The molecule has 1 rings (SSSR count). The Labute approximate surface area is 120 Å². The van der Waals surface area contributed by atoms with Crippen molar-refractivity contribution in [2.45, 2.75) is 39.7 Å². The molecule has 1 aromatic heterocycles. The number of nitrogens with zero attached hydrogens (tertiary/aromatic N) is 4. The second kappa shape index (κ2) is 7.23. The van der Waals surface area contributed by atoms with E-state index < -0.39 is 5.54 Å². The van der Waals surface area contributed by atoms with Crippen LogP contribution in [0.3, 0.4) is 0 Å². The Balaban J connectivity index is 3.07. The lowest BCUT2D eigenvalue weighted by atomic mass is 10.1. The highest BCUT2D eigenvalue weighted by Crippen LogP contribution is 2.21. The summed E-state index contributed by atoms with van der Waals surface area (Å²) in [5.41, 5.74) is -0.465. The number of rotatable bonds is 8. The van der Waals surface area contributed by atoms with Crippen molar-refractivity contribution in [3.63, 3.8) is 0 Å². The van der Waals surface area contributed by atoms with E-state index in [9.17, 15) is 5.11 Å². The maximum Gasteiger partial charge on any atom is 0.323 e. The lowest BCUT2D eigenvalue weighted by Crippen LogP contribution is -2.45.